The van der Waals surface area contributed by atoms with E-state index in [0.29, 0.717) is 28.6 Å². The van der Waals surface area contributed by atoms with Crippen molar-refractivity contribution in [2.45, 2.75) is 20.4 Å². The van der Waals surface area contributed by atoms with Gasteiger partial charge in [0.1, 0.15) is 11.6 Å². The Bertz CT molecular complexity index is 590. The molecule has 2 aromatic rings. The fourth-order valence-corrected chi connectivity index (χ4v) is 2.00. The van der Waals surface area contributed by atoms with Crippen LogP contribution in [0, 0.1) is 11.7 Å². The van der Waals surface area contributed by atoms with E-state index in [2.05, 4.69) is 45.3 Å². The molecule has 4 nitrogen and oxygen atoms in total. The highest BCUT2D eigenvalue weighted by Crippen LogP contribution is 2.25. The van der Waals surface area contributed by atoms with Gasteiger partial charge in [0.25, 0.3) is 0 Å². The van der Waals surface area contributed by atoms with Crippen LogP contribution in [0.5, 0.6) is 11.6 Å². The minimum atomic E-state index is -0.333. The van der Waals surface area contributed by atoms with Crippen molar-refractivity contribution in [3.05, 3.63) is 46.3 Å². The number of aromatic nitrogens is 2. The van der Waals surface area contributed by atoms with E-state index >= 15 is 0 Å². The zero-order valence-electron chi connectivity index (χ0n) is 11.9. The van der Waals surface area contributed by atoms with Crippen LogP contribution in [0.3, 0.4) is 0 Å². The van der Waals surface area contributed by atoms with Gasteiger partial charge in [0.15, 0.2) is 0 Å². The normalized spacial score (nSPS) is 10.9. The number of halogens is 2. The number of rotatable bonds is 6. The summed E-state index contributed by atoms with van der Waals surface area (Å²) in [7, 11) is 0. The van der Waals surface area contributed by atoms with E-state index in [4.69, 9.17) is 4.74 Å². The van der Waals surface area contributed by atoms with E-state index in [0.717, 1.165) is 12.2 Å². The van der Waals surface area contributed by atoms with Crippen molar-refractivity contribution in [1.29, 1.82) is 0 Å². The highest BCUT2D eigenvalue weighted by Gasteiger charge is 2.04. The first kappa shape index (κ1) is 15.9. The number of ether oxygens (including phenoxy) is 1. The molecule has 0 saturated heterocycles. The van der Waals surface area contributed by atoms with Crippen molar-refractivity contribution >= 4 is 15.9 Å². The van der Waals surface area contributed by atoms with Crippen LogP contribution in [0.15, 0.2) is 34.8 Å². The summed E-state index contributed by atoms with van der Waals surface area (Å²) < 4.78 is 19.0. The highest BCUT2D eigenvalue weighted by atomic mass is 79.9. The van der Waals surface area contributed by atoms with E-state index in [1.54, 1.807) is 18.2 Å². The van der Waals surface area contributed by atoms with Crippen molar-refractivity contribution in [2.24, 2.45) is 5.92 Å². The van der Waals surface area contributed by atoms with E-state index in [1.807, 2.05) is 6.07 Å². The summed E-state index contributed by atoms with van der Waals surface area (Å²) >= 11 is 3.11. The first-order chi connectivity index (χ1) is 10.0. The number of nitrogens with zero attached hydrogens (tertiary/aromatic N) is 2. The van der Waals surface area contributed by atoms with Crippen LogP contribution in [0.2, 0.25) is 0 Å². The Balaban J connectivity index is 1.94. The standard InChI is InChI=1S/C15H17BrFN3O/c1-10(2)8-18-9-11-3-6-15(20-19-11)21-12-4-5-14(17)13(16)7-12/h3-7,10,18H,8-9H2,1-2H3. The molecular weight excluding hydrogens is 337 g/mol. The predicted molar refractivity (Wildman–Crippen MR) is 82.8 cm³/mol. The number of benzene rings is 1. The Hall–Kier alpha value is -1.53. The molecule has 0 saturated carbocycles. The maximum Gasteiger partial charge on any atom is 0.238 e. The molecule has 112 valence electrons. The topological polar surface area (TPSA) is 47.0 Å². The van der Waals surface area contributed by atoms with Crippen molar-refractivity contribution in [3.8, 4) is 11.6 Å². The third-order valence-corrected chi connectivity index (χ3v) is 3.28. The van der Waals surface area contributed by atoms with E-state index in [1.165, 1.54) is 6.07 Å². The molecule has 0 bridgehead atoms. The summed E-state index contributed by atoms with van der Waals surface area (Å²) in [6.07, 6.45) is 0. The van der Waals surface area contributed by atoms with Gasteiger partial charge in [-0.3, -0.25) is 0 Å². The molecule has 0 unspecified atom stereocenters. The van der Waals surface area contributed by atoms with Gasteiger partial charge in [-0.05, 0) is 52.7 Å². The van der Waals surface area contributed by atoms with Gasteiger partial charge in [0.05, 0.1) is 10.2 Å². The van der Waals surface area contributed by atoms with Gasteiger partial charge < -0.3 is 10.1 Å². The summed E-state index contributed by atoms with van der Waals surface area (Å²) in [5, 5.41) is 11.4. The lowest BCUT2D eigenvalue weighted by molar-refractivity contribution is 0.450. The average Bonchev–Trinajstić information content (AvgIpc) is 2.44. The molecule has 0 aliphatic carbocycles. The smallest absolute Gasteiger partial charge is 0.238 e. The second kappa shape index (κ2) is 7.47. The lowest BCUT2D eigenvalue weighted by Crippen LogP contribution is -2.19. The predicted octanol–water partition coefficient (Wildman–Crippen LogP) is 3.92. The zero-order chi connectivity index (χ0) is 15.2. The highest BCUT2D eigenvalue weighted by molar-refractivity contribution is 9.10. The van der Waals surface area contributed by atoms with Gasteiger partial charge in [0, 0.05) is 12.6 Å². The monoisotopic (exact) mass is 353 g/mol. The van der Waals surface area contributed by atoms with Crippen molar-refractivity contribution in [1.82, 2.24) is 15.5 Å². The molecule has 21 heavy (non-hydrogen) atoms. The third-order valence-electron chi connectivity index (χ3n) is 2.67. The minimum absolute atomic E-state index is 0.333. The van der Waals surface area contributed by atoms with Crippen molar-refractivity contribution in [3.63, 3.8) is 0 Å². The lowest BCUT2D eigenvalue weighted by Gasteiger charge is -2.07. The number of hydrogen-bond acceptors (Lipinski definition) is 4. The SMILES string of the molecule is CC(C)CNCc1ccc(Oc2ccc(F)c(Br)c2)nn1. The summed E-state index contributed by atoms with van der Waals surface area (Å²) in [6.45, 7) is 5.91. The maximum absolute atomic E-state index is 13.1. The van der Waals surface area contributed by atoms with Crippen LogP contribution in [-0.2, 0) is 6.54 Å². The number of nitrogens with one attached hydrogen (secondary N) is 1. The summed E-state index contributed by atoms with van der Waals surface area (Å²) in [6, 6.07) is 8.02. The zero-order valence-corrected chi connectivity index (χ0v) is 13.5. The second-order valence-corrected chi connectivity index (χ2v) is 5.92. The fourth-order valence-electron chi connectivity index (χ4n) is 1.65. The summed E-state index contributed by atoms with van der Waals surface area (Å²) in [5.41, 5.74) is 0.850. The van der Waals surface area contributed by atoms with Crippen LogP contribution in [0.1, 0.15) is 19.5 Å². The molecule has 2 rings (SSSR count). The molecular formula is C15H17BrFN3O. The molecule has 0 fully saturated rings. The van der Waals surface area contributed by atoms with Gasteiger partial charge in [-0.2, -0.15) is 5.10 Å². The minimum Gasteiger partial charge on any atom is -0.437 e. The van der Waals surface area contributed by atoms with E-state index in [9.17, 15) is 4.39 Å². The van der Waals surface area contributed by atoms with Crippen molar-refractivity contribution in [2.75, 3.05) is 6.54 Å². The van der Waals surface area contributed by atoms with Crippen LogP contribution < -0.4 is 10.1 Å². The number of hydrogen-bond donors (Lipinski definition) is 1. The fraction of sp³-hybridized carbons (Fsp3) is 0.333. The Morgan fingerprint density at radius 3 is 2.67 bits per heavy atom. The van der Waals surface area contributed by atoms with Gasteiger partial charge in [0.2, 0.25) is 5.88 Å². The Morgan fingerprint density at radius 2 is 2.05 bits per heavy atom. The third kappa shape index (κ3) is 5.06. The second-order valence-electron chi connectivity index (χ2n) is 5.07. The Kier molecular flexibility index (Phi) is 5.64. The Morgan fingerprint density at radius 1 is 1.24 bits per heavy atom. The van der Waals surface area contributed by atoms with Crippen molar-refractivity contribution < 1.29 is 9.13 Å². The van der Waals surface area contributed by atoms with Crippen LogP contribution >= 0.6 is 15.9 Å². The molecule has 1 N–H and O–H groups in total. The molecule has 0 atom stereocenters. The van der Waals surface area contributed by atoms with Gasteiger partial charge in [-0.15, -0.1) is 5.10 Å². The molecule has 1 aromatic carbocycles. The van der Waals surface area contributed by atoms with Crippen LogP contribution in [0.4, 0.5) is 4.39 Å². The summed E-state index contributed by atoms with van der Waals surface area (Å²) in [4.78, 5) is 0. The molecule has 0 aliphatic rings. The summed E-state index contributed by atoms with van der Waals surface area (Å²) in [5.74, 6) is 1.14. The molecule has 1 aromatic heterocycles. The maximum atomic E-state index is 13.1. The van der Waals surface area contributed by atoms with Crippen LogP contribution in [-0.4, -0.2) is 16.7 Å². The molecule has 0 amide bonds. The van der Waals surface area contributed by atoms with E-state index < -0.39 is 0 Å². The molecule has 0 spiro atoms. The quantitative estimate of drug-likeness (QED) is 0.854. The molecule has 0 aliphatic heterocycles. The van der Waals surface area contributed by atoms with E-state index in [-0.39, 0.29) is 5.82 Å². The average molecular weight is 354 g/mol. The largest absolute Gasteiger partial charge is 0.437 e. The van der Waals surface area contributed by atoms with Crippen LogP contribution in [0.25, 0.3) is 0 Å². The van der Waals surface area contributed by atoms with Gasteiger partial charge in [-0.1, -0.05) is 13.8 Å². The molecule has 0 radical (unpaired) electrons. The molecule has 1 heterocycles. The van der Waals surface area contributed by atoms with Gasteiger partial charge >= 0.3 is 0 Å². The lowest BCUT2D eigenvalue weighted by atomic mass is 10.2. The molecule has 6 heteroatoms. The Labute approximate surface area is 131 Å². The first-order valence-electron chi connectivity index (χ1n) is 6.71. The van der Waals surface area contributed by atoms with Gasteiger partial charge in [-0.25, -0.2) is 4.39 Å². The first-order valence-corrected chi connectivity index (χ1v) is 7.50.